The third-order valence-corrected chi connectivity index (χ3v) is 9.80. The molecule has 0 aromatic rings. The molecule has 0 saturated carbocycles. The summed E-state index contributed by atoms with van der Waals surface area (Å²) in [6.07, 6.45) is 23.4. The normalized spacial score (nSPS) is 13.2. The Bertz CT molecular complexity index is 788. The van der Waals surface area contributed by atoms with Crippen molar-refractivity contribution in [3.8, 4) is 0 Å². The third-order valence-electron chi connectivity index (χ3n) is 9.80. The summed E-state index contributed by atoms with van der Waals surface area (Å²) in [6, 6.07) is 0. The lowest BCUT2D eigenvalue weighted by molar-refractivity contribution is -0.145. The van der Waals surface area contributed by atoms with Crippen molar-refractivity contribution in [3.05, 3.63) is 0 Å². The van der Waals surface area contributed by atoms with Crippen molar-refractivity contribution in [1.29, 1.82) is 0 Å². The fourth-order valence-corrected chi connectivity index (χ4v) is 6.61. The van der Waals surface area contributed by atoms with E-state index in [9.17, 15) is 14.4 Å². The van der Waals surface area contributed by atoms with E-state index in [2.05, 4.69) is 46.4 Å². The van der Waals surface area contributed by atoms with Gasteiger partial charge in [0.15, 0.2) is 0 Å². The third kappa shape index (κ3) is 30.9. The van der Waals surface area contributed by atoms with Crippen molar-refractivity contribution in [2.45, 2.75) is 202 Å². The minimum atomic E-state index is -0.623. The number of rotatable bonds is 36. The minimum Gasteiger partial charge on any atom is -0.466 e. The summed E-state index contributed by atoms with van der Waals surface area (Å²) in [7, 11) is 0. The highest BCUT2D eigenvalue weighted by Crippen LogP contribution is 2.23. The first-order valence-corrected chi connectivity index (χ1v) is 21.2. The molecule has 8 heteroatoms. The molecule has 0 aliphatic rings. The van der Waals surface area contributed by atoms with Crippen molar-refractivity contribution >= 4 is 18.1 Å². The summed E-state index contributed by atoms with van der Waals surface area (Å²) < 4.78 is 22.3. The topological polar surface area (TPSA) is 91.4 Å². The highest BCUT2D eigenvalue weighted by molar-refractivity contribution is 5.69. The maximum atomic E-state index is 12.6. The van der Waals surface area contributed by atoms with Crippen LogP contribution in [0.2, 0.25) is 0 Å². The summed E-state index contributed by atoms with van der Waals surface area (Å²) in [5, 5.41) is 0. The summed E-state index contributed by atoms with van der Waals surface area (Å²) in [4.78, 5) is 39.6. The van der Waals surface area contributed by atoms with Gasteiger partial charge in [0.05, 0.1) is 19.8 Å². The van der Waals surface area contributed by atoms with Crippen LogP contribution in [0, 0.1) is 11.8 Å². The number of nitrogens with zero attached hydrogens (tertiary/aromatic N) is 1. The molecule has 0 spiro atoms. The number of esters is 2. The van der Waals surface area contributed by atoms with Gasteiger partial charge in [-0.3, -0.25) is 9.59 Å². The van der Waals surface area contributed by atoms with Gasteiger partial charge in [0, 0.05) is 25.8 Å². The van der Waals surface area contributed by atoms with Crippen LogP contribution in [0.25, 0.3) is 0 Å². The summed E-state index contributed by atoms with van der Waals surface area (Å²) in [5.74, 6) is 0.617. The second-order valence-corrected chi connectivity index (χ2v) is 14.6. The Kier molecular flexibility index (Phi) is 34.3. The molecule has 0 aliphatic heterocycles. The van der Waals surface area contributed by atoms with E-state index in [1.54, 1.807) is 0 Å². The molecule has 0 heterocycles. The molecular weight excluding hydrogens is 630 g/mol. The van der Waals surface area contributed by atoms with E-state index in [0.717, 1.165) is 96.7 Å². The monoisotopic (exact) mass is 712 g/mol. The second kappa shape index (κ2) is 35.6. The molecule has 0 N–H and O–H groups in total. The molecule has 0 aliphatic carbocycles. The van der Waals surface area contributed by atoms with E-state index < -0.39 is 6.16 Å². The standard InChI is InChI=1S/C42H81NO7/c1-7-12-14-15-16-17-18-19-20-22-28-39(50-42(46)48-33-25-32-43(10-4)11-5)31-34-47-40(44)30-24-23-27-38(35-37(6)26-9-3)36-49-41(45)29-21-13-8-2/h37-39H,7-36H2,1-6H3. The van der Waals surface area contributed by atoms with Crippen LogP contribution in [0.3, 0.4) is 0 Å². The summed E-state index contributed by atoms with van der Waals surface area (Å²) in [6.45, 7) is 17.0. The van der Waals surface area contributed by atoms with Gasteiger partial charge in [0.25, 0.3) is 0 Å². The number of carbonyl (C=O) groups excluding carboxylic acids is 3. The highest BCUT2D eigenvalue weighted by atomic mass is 16.7. The van der Waals surface area contributed by atoms with Crippen LogP contribution in [0.15, 0.2) is 0 Å². The van der Waals surface area contributed by atoms with Crippen molar-refractivity contribution in [2.75, 3.05) is 39.5 Å². The molecule has 8 nitrogen and oxygen atoms in total. The molecule has 3 unspecified atom stereocenters. The fourth-order valence-electron chi connectivity index (χ4n) is 6.61. The zero-order valence-corrected chi connectivity index (χ0v) is 33.8. The van der Waals surface area contributed by atoms with Gasteiger partial charge < -0.3 is 23.8 Å². The maximum Gasteiger partial charge on any atom is 0.508 e. The molecule has 0 aromatic heterocycles. The first-order valence-electron chi connectivity index (χ1n) is 21.2. The lowest BCUT2D eigenvalue weighted by Crippen LogP contribution is -2.26. The van der Waals surface area contributed by atoms with Gasteiger partial charge in [0.2, 0.25) is 0 Å². The molecule has 0 rings (SSSR count). The highest BCUT2D eigenvalue weighted by Gasteiger charge is 2.18. The van der Waals surface area contributed by atoms with Gasteiger partial charge >= 0.3 is 18.1 Å². The van der Waals surface area contributed by atoms with Crippen molar-refractivity contribution in [2.24, 2.45) is 11.8 Å². The van der Waals surface area contributed by atoms with E-state index in [1.165, 1.54) is 57.8 Å². The molecule has 0 bridgehead atoms. The van der Waals surface area contributed by atoms with Crippen LogP contribution < -0.4 is 0 Å². The molecule has 0 amide bonds. The Morgan fingerprint density at radius 2 is 1.10 bits per heavy atom. The zero-order valence-electron chi connectivity index (χ0n) is 33.8. The van der Waals surface area contributed by atoms with Gasteiger partial charge in [-0.1, -0.05) is 131 Å². The van der Waals surface area contributed by atoms with Gasteiger partial charge in [0.1, 0.15) is 6.10 Å². The van der Waals surface area contributed by atoms with Crippen LogP contribution in [0.4, 0.5) is 4.79 Å². The second-order valence-electron chi connectivity index (χ2n) is 14.6. The van der Waals surface area contributed by atoms with Crippen LogP contribution in [0.1, 0.15) is 196 Å². The van der Waals surface area contributed by atoms with Crippen LogP contribution in [-0.4, -0.2) is 68.6 Å². The number of ether oxygens (including phenoxy) is 4. The summed E-state index contributed by atoms with van der Waals surface area (Å²) in [5.41, 5.74) is 0. The lowest BCUT2D eigenvalue weighted by Gasteiger charge is -2.21. The summed E-state index contributed by atoms with van der Waals surface area (Å²) >= 11 is 0. The first kappa shape index (κ1) is 48.2. The average molecular weight is 712 g/mol. The largest absolute Gasteiger partial charge is 0.508 e. The molecule has 296 valence electrons. The molecule has 0 saturated heterocycles. The predicted molar refractivity (Wildman–Crippen MR) is 206 cm³/mol. The van der Waals surface area contributed by atoms with Crippen molar-refractivity contribution in [1.82, 2.24) is 4.90 Å². The van der Waals surface area contributed by atoms with Gasteiger partial charge in [-0.25, -0.2) is 4.79 Å². The number of carbonyl (C=O) groups is 3. The lowest BCUT2D eigenvalue weighted by atomic mass is 9.89. The Morgan fingerprint density at radius 1 is 0.540 bits per heavy atom. The molecule has 0 fully saturated rings. The van der Waals surface area contributed by atoms with E-state index in [4.69, 9.17) is 18.9 Å². The number of hydrogen-bond donors (Lipinski definition) is 0. The van der Waals surface area contributed by atoms with Crippen LogP contribution in [0.5, 0.6) is 0 Å². The SMILES string of the molecule is CCCCCCCCCCCCC(CCOC(=O)CCCCC(COC(=O)CCCCC)CC(C)CCC)OC(=O)OCCCN(CC)CC. The fraction of sp³-hybridized carbons (Fsp3) is 0.929. The Hall–Kier alpha value is -1.83. The Labute approximate surface area is 308 Å². The zero-order chi connectivity index (χ0) is 37.1. The number of hydrogen-bond acceptors (Lipinski definition) is 8. The van der Waals surface area contributed by atoms with E-state index >= 15 is 0 Å². The predicted octanol–water partition coefficient (Wildman–Crippen LogP) is 11.6. The van der Waals surface area contributed by atoms with Crippen LogP contribution in [-0.2, 0) is 28.5 Å². The quantitative estimate of drug-likeness (QED) is 0.0360. The first-order chi connectivity index (χ1) is 24.3. The molecule has 3 atom stereocenters. The maximum absolute atomic E-state index is 12.6. The smallest absolute Gasteiger partial charge is 0.466 e. The van der Waals surface area contributed by atoms with E-state index in [0.29, 0.717) is 44.3 Å². The van der Waals surface area contributed by atoms with E-state index in [1.807, 2.05) is 0 Å². The molecule has 0 aromatic carbocycles. The Balaban J connectivity index is 4.63. The minimum absolute atomic E-state index is 0.0887. The Morgan fingerprint density at radius 3 is 1.72 bits per heavy atom. The van der Waals surface area contributed by atoms with Gasteiger partial charge in [-0.05, 0) is 69.9 Å². The van der Waals surface area contributed by atoms with Crippen molar-refractivity contribution < 1.29 is 33.3 Å². The van der Waals surface area contributed by atoms with E-state index in [-0.39, 0.29) is 24.6 Å². The molecule has 50 heavy (non-hydrogen) atoms. The van der Waals surface area contributed by atoms with Crippen LogP contribution >= 0.6 is 0 Å². The van der Waals surface area contributed by atoms with Crippen molar-refractivity contribution in [3.63, 3.8) is 0 Å². The van der Waals surface area contributed by atoms with Gasteiger partial charge in [-0.15, -0.1) is 0 Å². The molecular formula is C42H81NO7. The molecule has 0 radical (unpaired) electrons. The average Bonchev–Trinajstić information content (AvgIpc) is 3.09. The van der Waals surface area contributed by atoms with Gasteiger partial charge in [-0.2, -0.15) is 0 Å². The number of unbranched alkanes of at least 4 members (excludes halogenated alkanes) is 12.